The first kappa shape index (κ1) is 15.0. The number of halogens is 1. The van der Waals surface area contributed by atoms with Gasteiger partial charge in [0.2, 0.25) is 10.0 Å². The molecule has 1 saturated heterocycles. The number of hydrogen-bond acceptors (Lipinski definition) is 3. The van der Waals surface area contributed by atoms with E-state index in [1.807, 2.05) is 24.3 Å². The van der Waals surface area contributed by atoms with E-state index in [2.05, 4.69) is 20.7 Å². The highest BCUT2D eigenvalue weighted by atomic mass is 79.9. The van der Waals surface area contributed by atoms with Gasteiger partial charge >= 0.3 is 0 Å². The largest absolute Gasteiger partial charge is 0.381 e. The average Bonchev–Trinajstić information content (AvgIpc) is 2.46. The molecule has 0 aliphatic carbocycles. The molecule has 1 aromatic carbocycles. The number of nitrogens with one attached hydrogen (secondary N) is 1. The summed E-state index contributed by atoms with van der Waals surface area (Å²) in [5.74, 6) is 0. The van der Waals surface area contributed by atoms with Gasteiger partial charge in [-0.1, -0.05) is 40.2 Å². The third-order valence-corrected chi connectivity index (χ3v) is 5.77. The maximum absolute atomic E-state index is 12.1. The Kier molecular flexibility index (Phi) is 5.38. The highest BCUT2D eigenvalue weighted by Gasteiger charge is 2.27. The first-order valence-electron chi connectivity index (χ1n) is 6.32. The first-order chi connectivity index (χ1) is 9.12. The van der Waals surface area contributed by atoms with E-state index in [0.717, 1.165) is 16.5 Å². The van der Waals surface area contributed by atoms with Crippen molar-refractivity contribution in [3.8, 4) is 0 Å². The fourth-order valence-electron chi connectivity index (χ4n) is 2.11. The van der Waals surface area contributed by atoms with Crippen LogP contribution in [0.5, 0.6) is 0 Å². The van der Waals surface area contributed by atoms with Gasteiger partial charge in [0, 0.05) is 25.1 Å². The fraction of sp³-hybridized carbons (Fsp3) is 0.538. The number of alkyl halides is 1. The van der Waals surface area contributed by atoms with Crippen LogP contribution in [0.4, 0.5) is 0 Å². The van der Waals surface area contributed by atoms with E-state index in [0.29, 0.717) is 32.6 Å². The van der Waals surface area contributed by atoms with E-state index in [4.69, 9.17) is 4.74 Å². The molecule has 6 heteroatoms. The zero-order chi connectivity index (χ0) is 13.7. The molecule has 0 amide bonds. The molecule has 0 spiro atoms. The molecule has 1 heterocycles. The summed E-state index contributed by atoms with van der Waals surface area (Å²) in [5, 5.41) is 0.453. The number of hydrogen-bond donors (Lipinski definition) is 1. The molecule has 0 bridgehead atoms. The van der Waals surface area contributed by atoms with E-state index >= 15 is 0 Å². The molecule has 106 valence electrons. The van der Waals surface area contributed by atoms with Crippen LogP contribution in [-0.4, -0.2) is 26.9 Å². The molecule has 19 heavy (non-hydrogen) atoms. The Morgan fingerprint density at radius 3 is 2.63 bits per heavy atom. The van der Waals surface area contributed by atoms with Crippen molar-refractivity contribution in [2.24, 2.45) is 0 Å². The van der Waals surface area contributed by atoms with Crippen molar-refractivity contribution in [1.29, 1.82) is 0 Å². The second-order valence-corrected chi connectivity index (χ2v) is 7.24. The van der Waals surface area contributed by atoms with Crippen LogP contribution in [0, 0.1) is 0 Å². The second kappa shape index (κ2) is 6.83. The minimum absolute atomic E-state index is 0.319. The van der Waals surface area contributed by atoms with E-state index in [1.54, 1.807) is 0 Å². The smallest absolute Gasteiger partial charge is 0.214 e. The van der Waals surface area contributed by atoms with Gasteiger partial charge in [-0.15, -0.1) is 0 Å². The topological polar surface area (TPSA) is 55.4 Å². The monoisotopic (exact) mass is 347 g/mol. The zero-order valence-corrected chi connectivity index (χ0v) is 13.0. The van der Waals surface area contributed by atoms with Gasteiger partial charge in [-0.05, 0) is 24.0 Å². The van der Waals surface area contributed by atoms with Gasteiger partial charge in [0.15, 0.2) is 0 Å². The van der Waals surface area contributed by atoms with Crippen LogP contribution in [-0.2, 0) is 26.6 Å². The molecule has 2 rings (SSSR count). The lowest BCUT2D eigenvalue weighted by atomic mass is 10.1. The van der Waals surface area contributed by atoms with E-state index < -0.39 is 10.0 Å². The van der Waals surface area contributed by atoms with Crippen LogP contribution < -0.4 is 4.72 Å². The van der Waals surface area contributed by atoms with Gasteiger partial charge in [-0.25, -0.2) is 13.1 Å². The second-order valence-electron chi connectivity index (χ2n) is 4.63. The maximum Gasteiger partial charge on any atom is 0.214 e. The molecule has 1 fully saturated rings. The van der Waals surface area contributed by atoms with Gasteiger partial charge < -0.3 is 4.74 Å². The molecule has 1 aromatic rings. The fourth-order valence-corrected chi connectivity index (χ4v) is 3.88. The zero-order valence-electron chi connectivity index (χ0n) is 10.6. The Hall–Kier alpha value is -0.430. The van der Waals surface area contributed by atoms with Crippen LogP contribution in [0.25, 0.3) is 0 Å². The summed E-state index contributed by atoms with van der Waals surface area (Å²) >= 11 is 3.39. The van der Waals surface area contributed by atoms with Gasteiger partial charge in [-0.2, -0.15) is 0 Å². The van der Waals surface area contributed by atoms with E-state index in [1.165, 1.54) is 0 Å². The molecule has 0 aromatic heterocycles. The Morgan fingerprint density at radius 1 is 1.26 bits per heavy atom. The predicted octanol–water partition coefficient (Wildman–Crippen LogP) is 2.18. The summed E-state index contributed by atoms with van der Waals surface area (Å²) in [4.78, 5) is 0. The minimum atomic E-state index is -3.24. The van der Waals surface area contributed by atoms with Crippen molar-refractivity contribution < 1.29 is 13.2 Å². The summed E-state index contributed by atoms with van der Waals surface area (Å²) < 4.78 is 32.2. The third-order valence-electron chi connectivity index (χ3n) is 3.23. The molecule has 0 atom stereocenters. The van der Waals surface area contributed by atoms with Crippen LogP contribution in [0.1, 0.15) is 24.0 Å². The first-order valence-corrected chi connectivity index (χ1v) is 8.98. The van der Waals surface area contributed by atoms with Crippen molar-refractivity contribution in [2.45, 2.75) is 30.0 Å². The van der Waals surface area contributed by atoms with Gasteiger partial charge in [0.25, 0.3) is 0 Å². The van der Waals surface area contributed by atoms with Crippen molar-refractivity contribution in [3.63, 3.8) is 0 Å². The Balaban J connectivity index is 1.96. The van der Waals surface area contributed by atoms with Gasteiger partial charge in [-0.3, -0.25) is 0 Å². The highest BCUT2D eigenvalue weighted by molar-refractivity contribution is 9.08. The molecular formula is C13H18BrNO3S. The Bertz CT molecular complexity index is 512. The lowest BCUT2D eigenvalue weighted by Crippen LogP contribution is -2.37. The minimum Gasteiger partial charge on any atom is -0.381 e. The third kappa shape index (κ3) is 4.27. The maximum atomic E-state index is 12.1. The average molecular weight is 348 g/mol. The molecule has 1 N–H and O–H groups in total. The molecular weight excluding hydrogens is 330 g/mol. The van der Waals surface area contributed by atoms with Crippen molar-refractivity contribution in [3.05, 3.63) is 35.4 Å². The number of ether oxygens (including phenoxy) is 1. The van der Waals surface area contributed by atoms with Crippen molar-refractivity contribution in [1.82, 2.24) is 4.72 Å². The quantitative estimate of drug-likeness (QED) is 0.830. The highest BCUT2D eigenvalue weighted by Crippen LogP contribution is 2.15. The number of rotatable bonds is 5. The standard InChI is InChI=1S/C13H18BrNO3S/c14-9-11-2-1-3-12(8-11)10-15-19(16,17)13-4-6-18-7-5-13/h1-3,8,13,15H,4-7,9-10H2. The molecule has 4 nitrogen and oxygen atoms in total. The van der Waals surface area contributed by atoms with Gasteiger partial charge in [0.1, 0.15) is 0 Å². The van der Waals surface area contributed by atoms with Crippen molar-refractivity contribution >= 4 is 26.0 Å². The summed E-state index contributed by atoms with van der Waals surface area (Å²) in [7, 11) is -3.24. The van der Waals surface area contributed by atoms with E-state index in [-0.39, 0.29) is 5.25 Å². The molecule has 1 aliphatic heterocycles. The summed E-state index contributed by atoms with van der Waals surface area (Å²) in [6, 6.07) is 7.87. The van der Waals surface area contributed by atoms with Crippen LogP contribution in [0.3, 0.4) is 0 Å². The Labute approximate surface area is 122 Å². The van der Waals surface area contributed by atoms with Crippen LogP contribution in [0.15, 0.2) is 24.3 Å². The van der Waals surface area contributed by atoms with Gasteiger partial charge in [0.05, 0.1) is 5.25 Å². The number of benzene rings is 1. The predicted molar refractivity (Wildman–Crippen MR) is 78.7 cm³/mol. The van der Waals surface area contributed by atoms with Crippen LogP contribution in [0.2, 0.25) is 0 Å². The molecule has 0 saturated carbocycles. The lowest BCUT2D eigenvalue weighted by molar-refractivity contribution is 0.0981. The SMILES string of the molecule is O=S(=O)(NCc1cccc(CBr)c1)C1CCOCC1. The number of sulfonamides is 1. The molecule has 0 unspecified atom stereocenters. The Morgan fingerprint density at radius 2 is 1.95 bits per heavy atom. The lowest BCUT2D eigenvalue weighted by Gasteiger charge is -2.22. The summed E-state index contributed by atoms with van der Waals surface area (Å²) in [5.41, 5.74) is 2.12. The molecule has 0 radical (unpaired) electrons. The normalized spacial score (nSPS) is 17.5. The molecule has 1 aliphatic rings. The van der Waals surface area contributed by atoms with Crippen molar-refractivity contribution in [2.75, 3.05) is 13.2 Å². The summed E-state index contributed by atoms with van der Waals surface area (Å²) in [6.07, 6.45) is 1.16. The van der Waals surface area contributed by atoms with E-state index in [9.17, 15) is 8.42 Å². The van der Waals surface area contributed by atoms with Crippen LogP contribution >= 0.6 is 15.9 Å². The summed E-state index contributed by atoms with van der Waals surface area (Å²) in [6.45, 7) is 1.41.